The van der Waals surface area contributed by atoms with E-state index in [1.54, 1.807) is 0 Å². The number of carbonyl (C=O) groups excluding carboxylic acids is 2. The fourth-order valence-corrected chi connectivity index (χ4v) is 0.733. The van der Waals surface area contributed by atoms with E-state index in [9.17, 15) is 9.59 Å². The van der Waals surface area contributed by atoms with Crippen LogP contribution in [-0.4, -0.2) is 35.2 Å². The lowest BCUT2D eigenvalue weighted by Gasteiger charge is -2.02. The molecule has 0 aliphatic heterocycles. The number of nitrogens with two attached hydrogens (primary N) is 2. The molecule has 8 nitrogen and oxygen atoms in total. The lowest BCUT2D eigenvalue weighted by Crippen LogP contribution is -2.21. The Morgan fingerprint density at radius 1 is 1.00 bits per heavy atom. The van der Waals surface area contributed by atoms with Gasteiger partial charge in [0.05, 0.1) is 13.1 Å². The van der Waals surface area contributed by atoms with E-state index >= 15 is 0 Å². The normalized spacial score (nSPS) is 9.62. The third kappa shape index (κ3) is 3.59. The van der Waals surface area contributed by atoms with Gasteiger partial charge in [0.15, 0.2) is 0 Å². The predicted octanol–water partition coefficient (Wildman–Crippen LogP) is -1.80. The van der Waals surface area contributed by atoms with Crippen LogP contribution >= 0.6 is 0 Å². The molecule has 1 rings (SSSR count). The summed E-state index contributed by atoms with van der Waals surface area (Å²) in [4.78, 5) is 21.5. The molecular weight excluding hydrogens is 216 g/mol. The van der Waals surface area contributed by atoms with Gasteiger partial charge in [-0.15, -0.1) is 10.2 Å². The molecule has 1 aromatic heterocycles. The van der Waals surface area contributed by atoms with Gasteiger partial charge in [-0.2, -0.15) is 0 Å². The zero-order valence-electron chi connectivity index (χ0n) is 8.25. The first-order valence-corrected chi connectivity index (χ1v) is 4.31. The summed E-state index contributed by atoms with van der Waals surface area (Å²) in [6.45, 7) is -0.517. The summed E-state index contributed by atoms with van der Waals surface area (Å²) in [5.41, 5.74) is 10.1. The van der Waals surface area contributed by atoms with Gasteiger partial charge in [-0.25, -0.2) is 0 Å². The second-order valence-electron chi connectivity index (χ2n) is 2.57. The second-order valence-corrected chi connectivity index (χ2v) is 2.57. The molecule has 0 aliphatic rings. The molecule has 0 unspecified atom stereocenters. The maximum atomic E-state index is 10.8. The summed E-state index contributed by atoms with van der Waals surface area (Å²) in [6, 6.07) is 2.64. The maximum Gasteiger partial charge on any atom is 0.326 e. The number of rotatable bonds is 4. The largest absolute Gasteiger partial charge is 0.405 e. The van der Waals surface area contributed by atoms with Crippen molar-refractivity contribution in [2.75, 3.05) is 13.1 Å². The van der Waals surface area contributed by atoms with Crippen LogP contribution in [0.3, 0.4) is 0 Å². The van der Waals surface area contributed by atoms with Crippen LogP contribution in [0.15, 0.2) is 12.1 Å². The molecule has 0 aromatic carbocycles. The molecule has 0 spiro atoms. The molecule has 0 radical (unpaired) electrons. The van der Waals surface area contributed by atoms with E-state index in [0.717, 1.165) is 0 Å². The van der Waals surface area contributed by atoms with Crippen molar-refractivity contribution in [2.24, 2.45) is 11.5 Å². The summed E-state index contributed by atoms with van der Waals surface area (Å²) in [5, 5.41) is 6.97. The number of hydrogen-bond donors (Lipinski definition) is 2. The van der Waals surface area contributed by atoms with Gasteiger partial charge in [-0.3, -0.25) is 9.59 Å². The van der Waals surface area contributed by atoms with Crippen LogP contribution in [-0.2, 0) is 9.59 Å². The number of aromatic nitrogens is 2. The standard InChI is InChI=1S/C8H10N4O4/c9-3-7(13)15-5-1-2-6(12-11-5)16-8(14)4-10/h1-2H,3-4,9-10H2. The molecule has 0 atom stereocenters. The summed E-state index contributed by atoms with van der Waals surface area (Å²) >= 11 is 0. The third-order valence-corrected chi connectivity index (χ3v) is 1.39. The van der Waals surface area contributed by atoms with E-state index in [0.29, 0.717) is 0 Å². The zero-order valence-corrected chi connectivity index (χ0v) is 8.25. The summed E-state index contributed by atoms with van der Waals surface area (Å²) in [5.74, 6) is -1.33. The van der Waals surface area contributed by atoms with Crippen LogP contribution in [0.4, 0.5) is 0 Å². The van der Waals surface area contributed by atoms with Crippen LogP contribution in [0.5, 0.6) is 11.8 Å². The highest BCUT2D eigenvalue weighted by Crippen LogP contribution is 2.10. The number of esters is 2. The fourth-order valence-electron chi connectivity index (χ4n) is 0.733. The Labute approximate surface area is 90.5 Å². The molecule has 86 valence electrons. The topological polar surface area (TPSA) is 130 Å². The van der Waals surface area contributed by atoms with Gasteiger partial charge in [0.25, 0.3) is 0 Å². The Hall–Kier alpha value is -2.06. The van der Waals surface area contributed by atoms with Crippen molar-refractivity contribution in [2.45, 2.75) is 0 Å². The summed E-state index contributed by atoms with van der Waals surface area (Å²) < 4.78 is 9.29. The van der Waals surface area contributed by atoms with Crippen molar-refractivity contribution in [1.82, 2.24) is 10.2 Å². The Morgan fingerprint density at radius 2 is 1.38 bits per heavy atom. The van der Waals surface area contributed by atoms with E-state index in [4.69, 9.17) is 11.5 Å². The average molecular weight is 226 g/mol. The highest BCUT2D eigenvalue weighted by Gasteiger charge is 2.06. The highest BCUT2D eigenvalue weighted by molar-refractivity contribution is 5.74. The number of hydrogen-bond acceptors (Lipinski definition) is 8. The summed E-state index contributed by atoms with van der Waals surface area (Å²) in [6.07, 6.45) is 0. The van der Waals surface area contributed by atoms with Crippen molar-refractivity contribution in [1.29, 1.82) is 0 Å². The molecular formula is C8H10N4O4. The Bertz CT molecular complexity index is 341. The van der Waals surface area contributed by atoms with E-state index < -0.39 is 11.9 Å². The third-order valence-electron chi connectivity index (χ3n) is 1.39. The minimum atomic E-state index is -0.638. The molecule has 0 amide bonds. The Kier molecular flexibility index (Phi) is 4.30. The van der Waals surface area contributed by atoms with E-state index in [2.05, 4.69) is 19.7 Å². The maximum absolute atomic E-state index is 10.8. The Balaban J connectivity index is 2.60. The smallest absolute Gasteiger partial charge is 0.326 e. The van der Waals surface area contributed by atoms with Gasteiger partial charge in [0, 0.05) is 12.1 Å². The molecule has 0 fully saturated rings. The molecule has 0 aliphatic carbocycles. The first-order valence-electron chi connectivity index (χ1n) is 4.31. The molecule has 0 saturated heterocycles. The average Bonchev–Trinajstić information content (AvgIpc) is 2.31. The van der Waals surface area contributed by atoms with Crippen LogP contribution < -0.4 is 20.9 Å². The SMILES string of the molecule is NCC(=O)Oc1ccc(OC(=O)CN)nn1. The molecule has 16 heavy (non-hydrogen) atoms. The van der Waals surface area contributed by atoms with Crippen LogP contribution in [0.25, 0.3) is 0 Å². The molecule has 1 heterocycles. The van der Waals surface area contributed by atoms with Crippen molar-refractivity contribution in [3.05, 3.63) is 12.1 Å². The summed E-state index contributed by atoms with van der Waals surface area (Å²) in [7, 11) is 0. The molecule has 1 aromatic rings. The van der Waals surface area contributed by atoms with Crippen molar-refractivity contribution >= 4 is 11.9 Å². The van der Waals surface area contributed by atoms with E-state index in [1.807, 2.05) is 0 Å². The predicted molar refractivity (Wildman–Crippen MR) is 51.4 cm³/mol. The first-order chi connectivity index (χ1) is 7.65. The van der Waals surface area contributed by atoms with Gasteiger partial charge in [-0.05, 0) is 0 Å². The van der Waals surface area contributed by atoms with E-state index in [1.165, 1.54) is 12.1 Å². The minimum Gasteiger partial charge on any atom is -0.405 e. The molecule has 0 bridgehead atoms. The van der Waals surface area contributed by atoms with Crippen LogP contribution in [0, 0.1) is 0 Å². The Morgan fingerprint density at radius 3 is 1.62 bits per heavy atom. The monoisotopic (exact) mass is 226 g/mol. The van der Waals surface area contributed by atoms with Crippen molar-refractivity contribution in [3.8, 4) is 11.8 Å². The quantitative estimate of drug-likeness (QED) is 0.575. The van der Waals surface area contributed by atoms with Crippen molar-refractivity contribution in [3.63, 3.8) is 0 Å². The van der Waals surface area contributed by atoms with Crippen LogP contribution in [0.1, 0.15) is 0 Å². The molecule has 8 heteroatoms. The zero-order chi connectivity index (χ0) is 12.0. The fraction of sp³-hybridized carbons (Fsp3) is 0.250. The number of ether oxygens (including phenoxy) is 2. The van der Waals surface area contributed by atoms with Crippen LogP contribution in [0.2, 0.25) is 0 Å². The molecule has 0 saturated carbocycles. The van der Waals surface area contributed by atoms with Crippen molar-refractivity contribution < 1.29 is 19.1 Å². The number of nitrogens with zero attached hydrogens (tertiary/aromatic N) is 2. The van der Waals surface area contributed by atoms with Gasteiger partial charge in [-0.1, -0.05) is 0 Å². The van der Waals surface area contributed by atoms with E-state index in [-0.39, 0.29) is 24.8 Å². The number of carbonyl (C=O) groups is 2. The highest BCUT2D eigenvalue weighted by atomic mass is 16.6. The van der Waals surface area contributed by atoms with Gasteiger partial charge < -0.3 is 20.9 Å². The lowest BCUT2D eigenvalue weighted by atomic mass is 10.5. The van der Waals surface area contributed by atoms with Gasteiger partial charge in [0.1, 0.15) is 0 Å². The minimum absolute atomic E-state index is 0.0250. The second kappa shape index (κ2) is 5.73. The lowest BCUT2D eigenvalue weighted by molar-refractivity contribution is -0.134. The molecule has 4 N–H and O–H groups in total. The van der Waals surface area contributed by atoms with Gasteiger partial charge >= 0.3 is 11.9 Å². The van der Waals surface area contributed by atoms with Gasteiger partial charge in [0.2, 0.25) is 11.8 Å². The first kappa shape index (κ1) is 12.0.